The van der Waals surface area contributed by atoms with Crippen LogP contribution in [0.4, 0.5) is 0 Å². The van der Waals surface area contributed by atoms with Crippen LogP contribution in [0.2, 0.25) is 0 Å². The maximum Gasteiger partial charge on any atom is 0.306 e. The van der Waals surface area contributed by atoms with Gasteiger partial charge in [0.15, 0.2) is 6.10 Å². The van der Waals surface area contributed by atoms with Crippen LogP contribution in [0.5, 0.6) is 0 Å². The lowest BCUT2D eigenvalue weighted by Gasteiger charge is -2.18. The molecule has 0 aliphatic carbocycles. The Kier molecular flexibility index (Phi) is 67.2. The van der Waals surface area contributed by atoms with Crippen LogP contribution in [0.3, 0.4) is 0 Å². The van der Waals surface area contributed by atoms with Gasteiger partial charge in [0.1, 0.15) is 13.2 Å². The van der Waals surface area contributed by atoms with Crippen molar-refractivity contribution in [3.63, 3.8) is 0 Å². The maximum atomic E-state index is 12.9. The predicted molar refractivity (Wildman–Crippen MR) is 362 cm³/mol. The van der Waals surface area contributed by atoms with Gasteiger partial charge in [-0.2, -0.15) is 0 Å². The molecule has 0 aromatic rings. The van der Waals surface area contributed by atoms with Gasteiger partial charge in [-0.3, -0.25) is 14.4 Å². The Morgan fingerprint density at radius 1 is 0.253 bits per heavy atom. The first-order chi connectivity index (χ1) is 41.0. The van der Waals surface area contributed by atoms with Crippen molar-refractivity contribution in [3.05, 3.63) is 109 Å². The smallest absolute Gasteiger partial charge is 0.306 e. The van der Waals surface area contributed by atoms with Crippen molar-refractivity contribution in [3.8, 4) is 0 Å². The maximum absolute atomic E-state index is 12.9. The van der Waals surface area contributed by atoms with Crippen molar-refractivity contribution in [1.29, 1.82) is 0 Å². The summed E-state index contributed by atoms with van der Waals surface area (Å²) in [5.41, 5.74) is 0. The lowest BCUT2D eigenvalue weighted by atomic mass is 10.0. The minimum atomic E-state index is -0.786. The molecule has 0 radical (unpaired) electrons. The summed E-state index contributed by atoms with van der Waals surface area (Å²) in [6.45, 7) is 6.47. The number of ether oxygens (including phenoxy) is 3. The summed E-state index contributed by atoms with van der Waals surface area (Å²) in [5, 5.41) is 0. The summed E-state index contributed by atoms with van der Waals surface area (Å²) in [6.07, 6.45) is 96.9. The highest BCUT2D eigenvalue weighted by Gasteiger charge is 2.19. The van der Waals surface area contributed by atoms with E-state index in [1.54, 1.807) is 0 Å². The van der Waals surface area contributed by atoms with Crippen molar-refractivity contribution < 1.29 is 28.6 Å². The number of allylic oxidation sites excluding steroid dienone is 18. The molecule has 0 fully saturated rings. The molecule has 0 aliphatic heterocycles. The van der Waals surface area contributed by atoms with Crippen molar-refractivity contribution in [2.24, 2.45) is 0 Å². The van der Waals surface area contributed by atoms with Crippen LogP contribution in [0, 0.1) is 0 Å². The normalized spacial score (nSPS) is 12.8. The fourth-order valence-corrected chi connectivity index (χ4v) is 9.95. The van der Waals surface area contributed by atoms with Crippen LogP contribution >= 0.6 is 0 Å². The molecule has 0 heterocycles. The van der Waals surface area contributed by atoms with Gasteiger partial charge in [-0.05, 0) is 122 Å². The summed E-state index contributed by atoms with van der Waals surface area (Å²) in [6, 6.07) is 0. The van der Waals surface area contributed by atoms with Crippen molar-refractivity contribution in [2.75, 3.05) is 13.2 Å². The standard InChI is InChI=1S/C77H132O6/c1-4-7-10-13-16-19-22-25-27-29-30-31-32-33-34-35-36-37-38-39-40-41-42-43-44-45-46-48-49-52-55-58-61-64-67-70-76(79)82-73-74(72-81-75(78)69-66-63-60-57-54-51-24-21-18-15-12-9-6-3)83-77(80)71-68-65-62-59-56-53-50-47-28-26-23-20-17-14-11-8-5-2/h7,10,12,15-16,19,21,24-28,30-31,33-34,36-37,74H,4-6,8-9,11,13-14,17-18,20,22-23,29,32,35,38-73H2,1-3H3/b10-7-,15-12-,19-16-,24-21-,27-25-,28-26-,31-30-,34-33-,37-36-. The Morgan fingerprint density at radius 3 is 0.795 bits per heavy atom. The Morgan fingerprint density at radius 2 is 0.494 bits per heavy atom. The topological polar surface area (TPSA) is 78.9 Å². The first kappa shape index (κ1) is 79.1. The first-order valence-corrected chi connectivity index (χ1v) is 35.4. The SMILES string of the molecule is CC/C=C\C/C=C\C/C=C\C/C=C\C/C=C\C/C=C\CCCCCCCCCCCCCCCCCCC(=O)OCC(COC(=O)CCCCCCC/C=C\C/C=C\CCC)OC(=O)CCCCCCCCC/C=C\CCCCCCCC. The third-order valence-corrected chi connectivity index (χ3v) is 15.2. The number of carbonyl (C=O) groups is 3. The van der Waals surface area contributed by atoms with E-state index in [-0.39, 0.29) is 31.1 Å². The Hall–Kier alpha value is -3.93. The second kappa shape index (κ2) is 70.6. The van der Waals surface area contributed by atoms with Crippen LogP contribution in [-0.2, 0) is 28.6 Å². The van der Waals surface area contributed by atoms with Gasteiger partial charge in [-0.15, -0.1) is 0 Å². The van der Waals surface area contributed by atoms with Gasteiger partial charge in [0.2, 0.25) is 0 Å². The molecular formula is C77H132O6. The minimum absolute atomic E-state index is 0.0815. The fraction of sp³-hybridized carbons (Fsp3) is 0.727. The zero-order valence-electron chi connectivity index (χ0n) is 54.7. The number of hydrogen-bond donors (Lipinski definition) is 0. The Bertz CT molecular complexity index is 1660. The van der Waals surface area contributed by atoms with Gasteiger partial charge in [0.05, 0.1) is 0 Å². The third kappa shape index (κ3) is 68.7. The van der Waals surface area contributed by atoms with Gasteiger partial charge >= 0.3 is 17.9 Å². The number of carbonyl (C=O) groups excluding carboxylic acids is 3. The molecule has 0 rings (SSSR count). The molecule has 0 saturated heterocycles. The van der Waals surface area contributed by atoms with Gasteiger partial charge in [-0.1, -0.05) is 310 Å². The summed E-state index contributed by atoms with van der Waals surface area (Å²) in [5.74, 6) is -0.887. The fourth-order valence-electron chi connectivity index (χ4n) is 9.95. The highest BCUT2D eigenvalue weighted by molar-refractivity contribution is 5.71. The molecular weight excluding hydrogens is 1020 g/mol. The highest BCUT2D eigenvalue weighted by Crippen LogP contribution is 2.17. The number of unbranched alkanes of at least 4 members (excludes halogenated alkanes) is 35. The molecule has 83 heavy (non-hydrogen) atoms. The minimum Gasteiger partial charge on any atom is -0.462 e. The summed E-state index contributed by atoms with van der Waals surface area (Å²) < 4.78 is 16.9. The van der Waals surface area contributed by atoms with Gasteiger partial charge in [-0.25, -0.2) is 0 Å². The molecule has 0 amide bonds. The molecule has 1 unspecified atom stereocenters. The second-order valence-corrected chi connectivity index (χ2v) is 23.4. The number of rotatable bonds is 64. The molecule has 476 valence electrons. The van der Waals surface area contributed by atoms with Gasteiger partial charge in [0, 0.05) is 19.3 Å². The largest absolute Gasteiger partial charge is 0.462 e. The zero-order chi connectivity index (χ0) is 59.9. The van der Waals surface area contributed by atoms with E-state index >= 15 is 0 Å². The van der Waals surface area contributed by atoms with Gasteiger partial charge < -0.3 is 14.2 Å². The molecule has 0 N–H and O–H groups in total. The molecule has 0 bridgehead atoms. The van der Waals surface area contributed by atoms with E-state index in [9.17, 15) is 14.4 Å². The van der Waals surface area contributed by atoms with E-state index in [0.717, 1.165) is 122 Å². The van der Waals surface area contributed by atoms with E-state index in [2.05, 4.69) is 130 Å². The average molecular weight is 1150 g/mol. The number of esters is 3. The first-order valence-electron chi connectivity index (χ1n) is 35.4. The molecule has 0 aromatic carbocycles. The van der Waals surface area contributed by atoms with Crippen LogP contribution in [-0.4, -0.2) is 37.2 Å². The van der Waals surface area contributed by atoms with E-state index in [0.29, 0.717) is 19.3 Å². The molecule has 1 atom stereocenters. The van der Waals surface area contributed by atoms with Crippen LogP contribution in [0.25, 0.3) is 0 Å². The monoisotopic (exact) mass is 1150 g/mol. The van der Waals surface area contributed by atoms with Gasteiger partial charge in [0.25, 0.3) is 0 Å². The Balaban J connectivity index is 4.17. The number of hydrogen-bond acceptors (Lipinski definition) is 6. The molecule has 0 aliphatic rings. The molecule has 6 nitrogen and oxygen atoms in total. The molecule has 6 heteroatoms. The zero-order valence-corrected chi connectivity index (χ0v) is 54.7. The summed E-state index contributed by atoms with van der Waals surface area (Å²) in [7, 11) is 0. The third-order valence-electron chi connectivity index (χ3n) is 15.2. The highest BCUT2D eigenvalue weighted by atomic mass is 16.6. The summed E-state index contributed by atoms with van der Waals surface area (Å²) in [4.78, 5) is 38.4. The van der Waals surface area contributed by atoms with E-state index < -0.39 is 6.10 Å². The van der Waals surface area contributed by atoms with E-state index in [1.165, 1.54) is 180 Å². The van der Waals surface area contributed by atoms with Crippen LogP contribution < -0.4 is 0 Å². The second-order valence-electron chi connectivity index (χ2n) is 23.4. The van der Waals surface area contributed by atoms with Crippen molar-refractivity contribution in [2.45, 2.75) is 348 Å². The lowest BCUT2D eigenvalue weighted by molar-refractivity contribution is -0.167. The van der Waals surface area contributed by atoms with Crippen LogP contribution in [0.1, 0.15) is 342 Å². The van der Waals surface area contributed by atoms with Crippen molar-refractivity contribution >= 4 is 17.9 Å². The molecule has 0 spiro atoms. The van der Waals surface area contributed by atoms with E-state index in [1.807, 2.05) is 0 Å². The summed E-state index contributed by atoms with van der Waals surface area (Å²) >= 11 is 0. The Labute approximate surface area is 514 Å². The molecule has 0 aromatic heterocycles. The molecule has 0 saturated carbocycles. The predicted octanol–water partition coefficient (Wildman–Crippen LogP) is 24.6. The van der Waals surface area contributed by atoms with E-state index in [4.69, 9.17) is 14.2 Å². The quantitative estimate of drug-likeness (QED) is 0.0261. The lowest BCUT2D eigenvalue weighted by Crippen LogP contribution is -2.30. The van der Waals surface area contributed by atoms with Crippen molar-refractivity contribution in [1.82, 2.24) is 0 Å². The van der Waals surface area contributed by atoms with Crippen LogP contribution in [0.15, 0.2) is 109 Å². The average Bonchev–Trinajstić information content (AvgIpc) is 3.49.